The van der Waals surface area contributed by atoms with Gasteiger partial charge in [-0.2, -0.15) is 0 Å². The van der Waals surface area contributed by atoms with Crippen LogP contribution < -0.4 is 14.4 Å². The van der Waals surface area contributed by atoms with E-state index in [9.17, 15) is 4.79 Å². The highest BCUT2D eigenvalue weighted by molar-refractivity contribution is 5.95. The number of carbonyl (C=O) groups excluding carboxylic acids is 1. The lowest BCUT2D eigenvalue weighted by Crippen LogP contribution is -2.39. The minimum absolute atomic E-state index is 0.0844. The highest BCUT2D eigenvalue weighted by Crippen LogP contribution is 2.32. The van der Waals surface area contributed by atoms with E-state index < -0.39 is 0 Å². The van der Waals surface area contributed by atoms with Crippen LogP contribution in [0.1, 0.15) is 23.6 Å². The van der Waals surface area contributed by atoms with Crippen molar-refractivity contribution in [2.45, 2.75) is 27.2 Å². The molecular weight excluding hydrogens is 314 g/mol. The maximum atomic E-state index is 13.0. The van der Waals surface area contributed by atoms with Gasteiger partial charge in [0, 0.05) is 12.7 Å². The van der Waals surface area contributed by atoms with Crippen molar-refractivity contribution < 1.29 is 14.3 Å². The van der Waals surface area contributed by atoms with Crippen LogP contribution in [0.4, 0.5) is 5.69 Å². The molecule has 1 unspecified atom stereocenters. The molecule has 0 saturated heterocycles. The largest absolute Gasteiger partial charge is 0.494 e. The van der Waals surface area contributed by atoms with Crippen LogP contribution in [0.15, 0.2) is 36.4 Å². The highest BCUT2D eigenvalue weighted by Gasteiger charge is 2.29. The molecule has 4 nitrogen and oxygen atoms in total. The standard InChI is InChI=1S/C21H25NO3/c1-5-24-18-8-9-20-16(12-18)11-17(13-25-20)21(23)22(4)19-10-14(2)6-7-15(19)3/h6-10,12,17H,5,11,13H2,1-4H3. The summed E-state index contributed by atoms with van der Waals surface area (Å²) in [5.41, 5.74) is 4.23. The van der Waals surface area contributed by atoms with Gasteiger partial charge in [0.15, 0.2) is 0 Å². The third kappa shape index (κ3) is 3.63. The van der Waals surface area contributed by atoms with Gasteiger partial charge in [-0.05, 0) is 68.1 Å². The van der Waals surface area contributed by atoms with E-state index in [-0.39, 0.29) is 11.8 Å². The summed E-state index contributed by atoms with van der Waals surface area (Å²) in [4.78, 5) is 14.8. The molecule has 25 heavy (non-hydrogen) atoms. The maximum absolute atomic E-state index is 13.0. The van der Waals surface area contributed by atoms with E-state index in [1.165, 1.54) is 0 Å². The normalized spacial score (nSPS) is 15.9. The van der Waals surface area contributed by atoms with Gasteiger partial charge < -0.3 is 14.4 Å². The molecule has 2 aromatic rings. The third-order valence-corrected chi connectivity index (χ3v) is 4.66. The Labute approximate surface area is 149 Å². The molecule has 1 heterocycles. The average Bonchev–Trinajstić information content (AvgIpc) is 2.62. The van der Waals surface area contributed by atoms with Gasteiger partial charge in [0.1, 0.15) is 18.1 Å². The Balaban J connectivity index is 1.79. The molecule has 1 atom stereocenters. The van der Waals surface area contributed by atoms with Gasteiger partial charge in [0.05, 0.1) is 12.5 Å². The van der Waals surface area contributed by atoms with Crippen molar-refractivity contribution in [3.05, 3.63) is 53.1 Å². The number of hydrogen-bond donors (Lipinski definition) is 0. The van der Waals surface area contributed by atoms with Gasteiger partial charge in [0.2, 0.25) is 5.91 Å². The molecule has 132 valence electrons. The van der Waals surface area contributed by atoms with Crippen molar-refractivity contribution in [2.75, 3.05) is 25.2 Å². The second-order valence-corrected chi connectivity index (χ2v) is 6.60. The van der Waals surface area contributed by atoms with E-state index >= 15 is 0 Å². The molecule has 3 rings (SSSR count). The summed E-state index contributed by atoms with van der Waals surface area (Å²) in [6.07, 6.45) is 0.671. The zero-order chi connectivity index (χ0) is 18.0. The first kappa shape index (κ1) is 17.3. The zero-order valence-electron chi connectivity index (χ0n) is 15.3. The number of hydrogen-bond acceptors (Lipinski definition) is 3. The van der Waals surface area contributed by atoms with Gasteiger partial charge in [-0.3, -0.25) is 4.79 Å². The Morgan fingerprint density at radius 1 is 1.24 bits per heavy atom. The van der Waals surface area contributed by atoms with Crippen LogP contribution in [-0.2, 0) is 11.2 Å². The number of rotatable bonds is 4. The number of amides is 1. The Morgan fingerprint density at radius 2 is 2.04 bits per heavy atom. The monoisotopic (exact) mass is 339 g/mol. The van der Waals surface area contributed by atoms with Crippen molar-refractivity contribution in [3.8, 4) is 11.5 Å². The van der Waals surface area contributed by atoms with Gasteiger partial charge >= 0.3 is 0 Å². The predicted molar refractivity (Wildman–Crippen MR) is 99.6 cm³/mol. The quantitative estimate of drug-likeness (QED) is 0.847. The van der Waals surface area contributed by atoms with Crippen molar-refractivity contribution in [1.82, 2.24) is 0 Å². The van der Waals surface area contributed by atoms with Gasteiger partial charge in [-0.15, -0.1) is 0 Å². The Kier molecular flexibility index (Phi) is 4.98. The molecule has 0 saturated carbocycles. The van der Waals surface area contributed by atoms with Gasteiger partial charge in [-0.25, -0.2) is 0 Å². The number of carbonyl (C=O) groups is 1. The molecule has 1 aliphatic rings. The molecule has 0 bridgehead atoms. The first-order valence-corrected chi connectivity index (χ1v) is 8.73. The summed E-state index contributed by atoms with van der Waals surface area (Å²) in [6, 6.07) is 12.0. The molecule has 4 heteroatoms. The SMILES string of the molecule is CCOc1ccc2c(c1)CC(C(=O)N(C)c1cc(C)ccc1C)CO2. The van der Waals surface area contributed by atoms with Gasteiger partial charge in [0.25, 0.3) is 0 Å². The Hall–Kier alpha value is -2.49. The van der Waals surface area contributed by atoms with Crippen molar-refractivity contribution >= 4 is 11.6 Å². The molecule has 2 aromatic carbocycles. The highest BCUT2D eigenvalue weighted by atomic mass is 16.5. The van der Waals surface area contributed by atoms with Gasteiger partial charge in [-0.1, -0.05) is 12.1 Å². The minimum Gasteiger partial charge on any atom is -0.494 e. The third-order valence-electron chi connectivity index (χ3n) is 4.66. The number of benzene rings is 2. The van der Waals surface area contributed by atoms with Crippen molar-refractivity contribution in [3.63, 3.8) is 0 Å². The molecule has 1 aliphatic heterocycles. The van der Waals surface area contributed by atoms with E-state index in [1.807, 2.05) is 46.0 Å². The van der Waals surface area contributed by atoms with Crippen LogP contribution in [0.3, 0.4) is 0 Å². The zero-order valence-corrected chi connectivity index (χ0v) is 15.3. The van der Waals surface area contributed by atoms with E-state index in [0.717, 1.165) is 33.9 Å². The lowest BCUT2D eigenvalue weighted by Gasteiger charge is -2.29. The minimum atomic E-state index is -0.186. The van der Waals surface area contributed by atoms with Crippen LogP contribution in [0.25, 0.3) is 0 Å². The summed E-state index contributed by atoms with van der Waals surface area (Å²) in [7, 11) is 1.84. The second-order valence-electron chi connectivity index (χ2n) is 6.60. The fourth-order valence-electron chi connectivity index (χ4n) is 3.26. The van der Waals surface area contributed by atoms with E-state index in [1.54, 1.807) is 4.90 Å². The number of aryl methyl sites for hydroxylation is 2. The van der Waals surface area contributed by atoms with Crippen molar-refractivity contribution in [2.24, 2.45) is 5.92 Å². The lowest BCUT2D eigenvalue weighted by molar-refractivity contribution is -0.123. The van der Waals surface area contributed by atoms with E-state index in [0.29, 0.717) is 19.6 Å². The first-order valence-electron chi connectivity index (χ1n) is 8.73. The molecule has 0 fully saturated rings. The molecule has 0 aromatic heterocycles. The van der Waals surface area contributed by atoms with Crippen LogP contribution >= 0.6 is 0 Å². The summed E-state index contributed by atoms with van der Waals surface area (Å²) >= 11 is 0. The maximum Gasteiger partial charge on any atom is 0.233 e. The fourth-order valence-corrected chi connectivity index (χ4v) is 3.26. The van der Waals surface area contributed by atoms with Crippen LogP contribution in [0.2, 0.25) is 0 Å². The van der Waals surface area contributed by atoms with Crippen LogP contribution in [-0.4, -0.2) is 26.2 Å². The molecule has 0 N–H and O–H groups in total. The van der Waals surface area contributed by atoms with E-state index in [4.69, 9.17) is 9.47 Å². The van der Waals surface area contributed by atoms with Crippen LogP contribution in [0.5, 0.6) is 11.5 Å². The van der Waals surface area contributed by atoms with Crippen LogP contribution in [0, 0.1) is 19.8 Å². The smallest absolute Gasteiger partial charge is 0.233 e. The molecule has 0 spiro atoms. The Morgan fingerprint density at radius 3 is 2.80 bits per heavy atom. The second kappa shape index (κ2) is 7.18. The summed E-state index contributed by atoms with van der Waals surface area (Å²) in [5, 5.41) is 0. The summed E-state index contributed by atoms with van der Waals surface area (Å²) < 4.78 is 11.4. The predicted octanol–water partition coefficient (Wildman–Crippen LogP) is 3.92. The first-order chi connectivity index (χ1) is 12.0. The lowest BCUT2D eigenvalue weighted by atomic mass is 9.95. The topological polar surface area (TPSA) is 38.8 Å². The summed E-state index contributed by atoms with van der Waals surface area (Å²) in [6.45, 7) is 7.06. The molecule has 0 radical (unpaired) electrons. The van der Waals surface area contributed by atoms with E-state index in [2.05, 4.69) is 18.2 Å². The fraction of sp³-hybridized carbons (Fsp3) is 0.381. The summed E-state index contributed by atoms with van der Waals surface area (Å²) in [5.74, 6) is 1.57. The molecule has 1 amide bonds. The number of fused-ring (bicyclic) bond motifs is 1. The molecule has 0 aliphatic carbocycles. The number of ether oxygens (including phenoxy) is 2. The van der Waals surface area contributed by atoms with Crippen molar-refractivity contribution in [1.29, 1.82) is 0 Å². The average molecular weight is 339 g/mol. The number of anilines is 1. The number of nitrogens with zero attached hydrogens (tertiary/aromatic N) is 1. The Bertz CT molecular complexity index is 785. The molecular formula is C21H25NO3.